The van der Waals surface area contributed by atoms with E-state index >= 15 is 0 Å². The zero-order valence-electron chi connectivity index (χ0n) is 26.3. The van der Waals surface area contributed by atoms with Gasteiger partial charge in [-0.15, -0.1) is 0 Å². The molecule has 7 rings (SSSR count). The molecule has 43 heavy (non-hydrogen) atoms. The monoisotopic (exact) mass is 587 g/mol. The van der Waals surface area contributed by atoms with Crippen LogP contribution in [0.5, 0.6) is 0 Å². The van der Waals surface area contributed by atoms with Crippen LogP contribution < -0.4 is 21.3 Å². The molecule has 0 unspecified atom stereocenters. The number of anilines is 4. The van der Waals surface area contributed by atoms with E-state index in [9.17, 15) is 9.90 Å². The minimum Gasteiger partial charge on any atom is -0.393 e. The normalized spacial score (nSPS) is 26.8. The van der Waals surface area contributed by atoms with Crippen LogP contribution in [0.15, 0.2) is 29.8 Å². The minimum atomic E-state index is -0.604. The number of fused-ring (bicyclic) bond motifs is 1. The number of primary amides is 1. The van der Waals surface area contributed by atoms with Crippen molar-refractivity contribution in [1.29, 1.82) is 0 Å². The zero-order valence-corrected chi connectivity index (χ0v) is 26.3. The molecule has 2 saturated carbocycles. The Kier molecular flexibility index (Phi) is 8.39. The first-order valence-corrected chi connectivity index (χ1v) is 16.3. The van der Waals surface area contributed by atoms with Crippen molar-refractivity contribution in [2.24, 2.45) is 23.0 Å². The van der Waals surface area contributed by atoms with E-state index in [2.05, 4.69) is 64.4 Å². The molecule has 9 nitrogen and oxygen atoms in total. The summed E-state index contributed by atoms with van der Waals surface area (Å²) in [5, 5.41) is 16.8. The highest BCUT2D eigenvalue weighted by molar-refractivity contribution is 5.96. The number of nitrogens with two attached hydrogens (primary N) is 1. The highest BCUT2D eigenvalue weighted by Crippen LogP contribution is 2.59. The van der Waals surface area contributed by atoms with Crippen molar-refractivity contribution >= 4 is 28.9 Å². The van der Waals surface area contributed by atoms with Gasteiger partial charge in [0.15, 0.2) is 11.5 Å². The number of aliphatic hydroxyl groups is 1. The van der Waals surface area contributed by atoms with Gasteiger partial charge in [-0.05, 0) is 92.9 Å². The molecular formula is C34H49N7O2. The molecule has 4 aliphatic carbocycles. The molecular weight excluding hydrogens is 538 g/mol. The van der Waals surface area contributed by atoms with Crippen LogP contribution in [0.25, 0.3) is 0 Å². The van der Waals surface area contributed by atoms with Crippen molar-refractivity contribution in [3.8, 4) is 0 Å². The van der Waals surface area contributed by atoms with E-state index in [0.29, 0.717) is 23.5 Å². The molecule has 2 bridgehead atoms. The Labute approximate surface area is 256 Å². The van der Waals surface area contributed by atoms with E-state index in [1.807, 2.05) is 13.0 Å². The molecule has 2 aromatic rings. The molecule has 0 radical (unpaired) electrons. The van der Waals surface area contributed by atoms with Crippen LogP contribution in [0.1, 0.15) is 81.0 Å². The number of carbonyl (C=O) groups excluding carboxylic acids is 1. The molecule has 5 aliphatic rings. The second-order valence-corrected chi connectivity index (χ2v) is 13.8. The predicted octanol–water partition coefficient (Wildman–Crippen LogP) is 5.02. The molecule has 1 amide bonds. The van der Waals surface area contributed by atoms with E-state index < -0.39 is 5.91 Å². The Balaban J connectivity index is 1.11. The molecule has 2 atom stereocenters. The number of aryl methyl sites for hydroxylation is 2. The molecule has 2 heterocycles. The summed E-state index contributed by atoms with van der Waals surface area (Å²) in [7, 11) is 0. The zero-order chi connectivity index (χ0) is 30.3. The molecule has 232 valence electrons. The Morgan fingerprint density at radius 2 is 1.84 bits per heavy atom. The first-order valence-electron chi connectivity index (χ1n) is 16.3. The van der Waals surface area contributed by atoms with Crippen LogP contribution in [-0.4, -0.2) is 70.8 Å². The van der Waals surface area contributed by atoms with Crippen LogP contribution in [0.4, 0.5) is 23.0 Å². The fourth-order valence-electron chi connectivity index (χ4n) is 7.79. The number of nitrogens with zero attached hydrogens (tertiary/aromatic N) is 4. The number of allylic oxidation sites excluding steroid dienone is 1. The van der Waals surface area contributed by atoms with Gasteiger partial charge < -0.3 is 26.4 Å². The molecule has 1 aromatic heterocycles. The van der Waals surface area contributed by atoms with Crippen molar-refractivity contribution in [2.75, 3.05) is 48.3 Å². The van der Waals surface area contributed by atoms with Crippen molar-refractivity contribution < 1.29 is 9.90 Å². The van der Waals surface area contributed by atoms with Gasteiger partial charge in [-0.25, -0.2) is 9.97 Å². The number of benzene rings is 1. The lowest BCUT2D eigenvalue weighted by Gasteiger charge is -2.57. The Hall–Kier alpha value is -3.17. The van der Waals surface area contributed by atoms with Crippen LogP contribution >= 0.6 is 0 Å². The number of aromatic nitrogens is 2. The van der Waals surface area contributed by atoms with Gasteiger partial charge in [-0.2, -0.15) is 0 Å². The highest BCUT2D eigenvalue weighted by atomic mass is 16.3. The third-order valence-corrected chi connectivity index (χ3v) is 10.7. The van der Waals surface area contributed by atoms with Gasteiger partial charge >= 0.3 is 0 Å². The molecule has 1 aliphatic heterocycles. The fourth-order valence-corrected chi connectivity index (χ4v) is 7.79. The van der Waals surface area contributed by atoms with Crippen molar-refractivity contribution in [1.82, 2.24) is 14.9 Å². The number of rotatable bonds is 9. The van der Waals surface area contributed by atoms with Crippen LogP contribution in [0, 0.1) is 24.2 Å². The third kappa shape index (κ3) is 6.11. The molecule has 9 heteroatoms. The van der Waals surface area contributed by atoms with Crippen molar-refractivity contribution in [2.45, 2.75) is 84.8 Å². The van der Waals surface area contributed by atoms with E-state index in [0.717, 1.165) is 81.6 Å². The number of carbonyl (C=O) groups is 1. The average molecular weight is 588 g/mol. The minimum absolute atomic E-state index is 0.146. The fraction of sp³-hybridized carbons (Fsp3) is 0.618. The van der Waals surface area contributed by atoms with E-state index in [4.69, 9.17) is 10.7 Å². The maximum Gasteiger partial charge on any atom is 0.271 e. The first kappa shape index (κ1) is 29.9. The summed E-state index contributed by atoms with van der Waals surface area (Å²) in [6.07, 6.45) is 8.88. The SMILES string of the molecule is CCc1nc(C(N)=O)c(Nc2ccc(N3CCN(CC4=CC[C@H]5C[C@@H]4C5(C)C)CC3)c(C)c2)nc1N[C@H]1CC[C@H](O)CC1. The van der Waals surface area contributed by atoms with Crippen LogP contribution in [-0.2, 0) is 6.42 Å². The summed E-state index contributed by atoms with van der Waals surface area (Å²) < 4.78 is 0. The second kappa shape index (κ2) is 12.1. The summed E-state index contributed by atoms with van der Waals surface area (Å²) in [6.45, 7) is 14.3. The maximum absolute atomic E-state index is 12.4. The lowest BCUT2D eigenvalue weighted by molar-refractivity contribution is -0.0107. The Bertz CT molecular complexity index is 1370. The third-order valence-electron chi connectivity index (χ3n) is 10.7. The number of hydrogen-bond acceptors (Lipinski definition) is 8. The molecule has 1 aromatic carbocycles. The van der Waals surface area contributed by atoms with Crippen LogP contribution in [0.2, 0.25) is 0 Å². The van der Waals surface area contributed by atoms with Gasteiger partial charge in [0.1, 0.15) is 5.82 Å². The molecule has 1 saturated heterocycles. The van der Waals surface area contributed by atoms with E-state index in [1.165, 1.54) is 24.1 Å². The van der Waals surface area contributed by atoms with Gasteiger partial charge in [0.25, 0.3) is 5.91 Å². The summed E-state index contributed by atoms with van der Waals surface area (Å²) in [5.74, 6) is 2.10. The number of piperazine rings is 1. The summed E-state index contributed by atoms with van der Waals surface area (Å²) in [6, 6.07) is 6.54. The number of aliphatic hydroxyl groups excluding tert-OH is 1. The largest absolute Gasteiger partial charge is 0.393 e. The predicted molar refractivity (Wildman–Crippen MR) is 173 cm³/mol. The van der Waals surface area contributed by atoms with Crippen molar-refractivity contribution in [3.63, 3.8) is 0 Å². The van der Waals surface area contributed by atoms with Gasteiger partial charge in [0, 0.05) is 50.1 Å². The first-order chi connectivity index (χ1) is 20.6. The average Bonchev–Trinajstić information content (AvgIpc) is 2.99. The summed E-state index contributed by atoms with van der Waals surface area (Å²) in [5.41, 5.74) is 12.0. The van der Waals surface area contributed by atoms with E-state index in [1.54, 1.807) is 5.57 Å². The van der Waals surface area contributed by atoms with E-state index in [-0.39, 0.29) is 17.8 Å². The maximum atomic E-state index is 12.4. The smallest absolute Gasteiger partial charge is 0.271 e. The number of hydrogen-bond donors (Lipinski definition) is 4. The van der Waals surface area contributed by atoms with Gasteiger partial charge in [0.05, 0.1) is 11.8 Å². The Morgan fingerprint density at radius 1 is 1.09 bits per heavy atom. The molecule has 5 N–H and O–H groups in total. The van der Waals surface area contributed by atoms with Gasteiger partial charge in [-0.3, -0.25) is 9.69 Å². The van der Waals surface area contributed by atoms with Gasteiger partial charge in [-0.1, -0.05) is 32.4 Å². The molecule has 0 spiro atoms. The van der Waals surface area contributed by atoms with Crippen LogP contribution in [0.3, 0.4) is 0 Å². The second-order valence-electron chi connectivity index (χ2n) is 13.8. The topological polar surface area (TPSA) is 120 Å². The van der Waals surface area contributed by atoms with Crippen molar-refractivity contribution in [3.05, 3.63) is 46.8 Å². The lowest BCUT2D eigenvalue weighted by Crippen LogP contribution is -2.52. The number of nitrogens with one attached hydrogen (secondary N) is 2. The lowest BCUT2D eigenvalue weighted by atomic mass is 9.49. The Morgan fingerprint density at radius 3 is 2.47 bits per heavy atom. The number of amides is 1. The van der Waals surface area contributed by atoms with Gasteiger partial charge in [0.2, 0.25) is 0 Å². The summed E-state index contributed by atoms with van der Waals surface area (Å²) >= 11 is 0. The quantitative estimate of drug-likeness (QED) is 0.302. The highest BCUT2D eigenvalue weighted by Gasteiger charge is 2.51. The summed E-state index contributed by atoms with van der Waals surface area (Å²) in [4.78, 5) is 26.9. The molecule has 3 fully saturated rings. The standard InChI is InChI=1S/C34H49N7O2/c1-5-28-32(36-24-8-11-26(42)12-9-24)39-33(30(38-28)31(35)43)37-25-10-13-29(21(2)18-25)41-16-14-40(15-17-41)20-22-6-7-23-19-27(22)34(23,3)4/h6,10,13,18,23-24,26-27,42H,5,7-9,11-12,14-17,19-20H2,1-4H3,(H2,35,43)(H2,36,37,39)/t23-,24-,26-,27-/m0/s1.